The number of aliphatic hydroxyl groups is 1. The molecule has 0 spiro atoms. The van der Waals surface area contributed by atoms with E-state index in [1.807, 2.05) is 42.5 Å². The Hall–Kier alpha value is -1.21. The van der Waals surface area contributed by atoms with Crippen molar-refractivity contribution in [2.45, 2.75) is 6.54 Å². The molecule has 0 fully saturated rings. The average molecular weight is 456 g/mol. The summed E-state index contributed by atoms with van der Waals surface area (Å²) >= 11 is 5.01. The summed E-state index contributed by atoms with van der Waals surface area (Å²) in [4.78, 5) is 5.58. The largest absolute Gasteiger partial charge is 0.395 e. The van der Waals surface area contributed by atoms with E-state index in [0.29, 0.717) is 6.54 Å². The average Bonchev–Trinajstić information content (AvgIpc) is 2.94. The number of benzene rings is 2. The monoisotopic (exact) mass is 454 g/mol. The summed E-state index contributed by atoms with van der Waals surface area (Å²) in [6, 6.07) is 18.0. The minimum atomic E-state index is 0. The lowest BCUT2D eigenvalue weighted by Gasteiger charge is -2.07. The van der Waals surface area contributed by atoms with E-state index in [-0.39, 0.29) is 23.6 Å². The van der Waals surface area contributed by atoms with Crippen LogP contribution in [0.2, 0.25) is 0 Å². The fourth-order valence-electron chi connectivity index (χ4n) is 2.20. The van der Waals surface area contributed by atoms with Gasteiger partial charge in [-0.3, -0.25) is 0 Å². The molecule has 6 heteroatoms. The molecule has 2 aromatic carbocycles. The van der Waals surface area contributed by atoms with Gasteiger partial charge in [0, 0.05) is 16.4 Å². The van der Waals surface area contributed by atoms with Gasteiger partial charge in [-0.1, -0.05) is 46.3 Å². The van der Waals surface area contributed by atoms with Gasteiger partial charge < -0.3 is 9.67 Å². The van der Waals surface area contributed by atoms with Crippen LogP contribution in [0.25, 0.3) is 11.3 Å². The Balaban J connectivity index is 0.00000192. The Morgan fingerprint density at radius 1 is 1.04 bits per heavy atom. The van der Waals surface area contributed by atoms with Crippen molar-refractivity contribution in [3.05, 3.63) is 69.3 Å². The number of thiazole rings is 1. The summed E-state index contributed by atoms with van der Waals surface area (Å²) in [7, 11) is 0. The first kappa shape index (κ1) is 18.1. The topological polar surface area (TPSA) is 37.5 Å². The second kappa shape index (κ2) is 8.59. The first-order valence-corrected chi connectivity index (χ1v) is 8.60. The van der Waals surface area contributed by atoms with Crippen molar-refractivity contribution in [2.75, 3.05) is 6.61 Å². The molecule has 0 saturated carbocycles. The van der Waals surface area contributed by atoms with Crippen LogP contribution in [0.3, 0.4) is 0 Å². The maximum absolute atomic E-state index is 9.37. The van der Waals surface area contributed by atoms with E-state index in [2.05, 4.69) is 38.0 Å². The molecule has 0 aliphatic rings. The Kier molecular flexibility index (Phi) is 6.77. The summed E-state index contributed by atoms with van der Waals surface area (Å²) in [5, 5.41) is 11.5. The lowest BCUT2D eigenvalue weighted by Crippen LogP contribution is -2.17. The highest BCUT2D eigenvalue weighted by Gasteiger charge is 2.07. The summed E-state index contributed by atoms with van der Waals surface area (Å²) in [6.45, 7) is 0.618. The summed E-state index contributed by atoms with van der Waals surface area (Å²) in [6.07, 6.45) is 0. The van der Waals surface area contributed by atoms with E-state index >= 15 is 0 Å². The van der Waals surface area contributed by atoms with Crippen LogP contribution in [0.15, 0.2) is 69.4 Å². The van der Waals surface area contributed by atoms with Gasteiger partial charge in [-0.05, 0) is 29.8 Å². The van der Waals surface area contributed by atoms with Crippen LogP contribution in [-0.2, 0) is 6.54 Å². The van der Waals surface area contributed by atoms with E-state index in [9.17, 15) is 5.11 Å². The number of halogens is 2. The molecule has 0 aliphatic heterocycles. The normalized spacial score (nSPS) is 11.3. The highest BCUT2D eigenvalue weighted by atomic mass is 79.9. The third-order valence-corrected chi connectivity index (χ3v) is 4.63. The maximum Gasteiger partial charge on any atom is 0.190 e. The first-order chi connectivity index (χ1) is 10.8. The molecular weight excluding hydrogens is 440 g/mol. The molecule has 0 amide bonds. The second-order valence-electron chi connectivity index (χ2n) is 4.73. The van der Waals surface area contributed by atoms with Crippen LogP contribution in [0, 0.1) is 0 Å². The smallest absolute Gasteiger partial charge is 0.190 e. The van der Waals surface area contributed by atoms with E-state index in [1.54, 1.807) is 11.3 Å². The van der Waals surface area contributed by atoms with Gasteiger partial charge in [-0.25, -0.2) is 4.99 Å². The van der Waals surface area contributed by atoms with Crippen LogP contribution >= 0.6 is 44.2 Å². The summed E-state index contributed by atoms with van der Waals surface area (Å²) in [5.74, 6) is 0. The molecule has 3 nitrogen and oxygen atoms in total. The van der Waals surface area contributed by atoms with Crippen LogP contribution in [0.4, 0.5) is 5.69 Å². The predicted molar refractivity (Wildman–Crippen MR) is 105 cm³/mol. The zero-order valence-corrected chi connectivity index (χ0v) is 16.3. The molecule has 0 aliphatic carbocycles. The second-order valence-corrected chi connectivity index (χ2v) is 6.49. The van der Waals surface area contributed by atoms with Crippen molar-refractivity contribution in [3.8, 4) is 11.3 Å². The molecule has 3 rings (SSSR count). The Morgan fingerprint density at radius 3 is 2.39 bits per heavy atom. The molecule has 23 heavy (non-hydrogen) atoms. The number of aromatic nitrogens is 1. The minimum Gasteiger partial charge on any atom is -0.395 e. The van der Waals surface area contributed by atoms with E-state index < -0.39 is 0 Å². The van der Waals surface area contributed by atoms with Gasteiger partial charge in [0.15, 0.2) is 4.80 Å². The SMILES string of the molecule is Br.OCCn1c(-c2ccccc2)csc1=Nc1ccc(Br)cc1. The Bertz CT molecular complexity index is 811. The zero-order chi connectivity index (χ0) is 15.4. The lowest BCUT2D eigenvalue weighted by atomic mass is 10.2. The van der Waals surface area contributed by atoms with Crippen molar-refractivity contribution in [2.24, 2.45) is 4.99 Å². The number of hydrogen-bond acceptors (Lipinski definition) is 3. The minimum absolute atomic E-state index is 0. The fourth-order valence-corrected chi connectivity index (χ4v) is 3.42. The molecule has 1 heterocycles. The lowest BCUT2D eigenvalue weighted by molar-refractivity contribution is 0.275. The molecule has 0 saturated heterocycles. The van der Waals surface area contributed by atoms with Crippen molar-refractivity contribution >= 4 is 49.9 Å². The summed E-state index contributed by atoms with van der Waals surface area (Å²) in [5.41, 5.74) is 3.11. The molecular formula is C17H16Br2N2OS. The van der Waals surface area contributed by atoms with Gasteiger partial charge in [0.05, 0.1) is 18.0 Å². The van der Waals surface area contributed by atoms with Crippen molar-refractivity contribution in [1.29, 1.82) is 0 Å². The quantitative estimate of drug-likeness (QED) is 0.603. The molecule has 0 radical (unpaired) electrons. The molecule has 1 N–H and O–H groups in total. The Labute approximate surface area is 157 Å². The van der Waals surface area contributed by atoms with Crippen molar-refractivity contribution < 1.29 is 5.11 Å². The predicted octanol–water partition coefficient (Wildman–Crippen LogP) is 4.78. The molecule has 3 aromatic rings. The first-order valence-electron chi connectivity index (χ1n) is 6.93. The Morgan fingerprint density at radius 2 is 1.74 bits per heavy atom. The third kappa shape index (κ3) is 4.41. The molecule has 0 unspecified atom stereocenters. The van der Waals surface area contributed by atoms with Gasteiger partial charge in [0.25, 0.3) is 0 Å². The fraction of sp³-hybridized carbons (Fsp3) is 0.118. The highest BCUT2D eigenvalue weighted by molar-refractivity contribution is 9.10. The van der Waals surface area contributed by atoms with E-state index in [1.165, 1.54) is 0 Å². The van der Waals surface area contributed by atoms with Gasteiger partial charge in [-0.15, -0.1) is 28.3 Å². The van der Waals surface area contributed by atoms with Crippen LogP contribution < -0.4 is 4.80 Å². The number of hydrogen-bond donors (Lipinski definition) is 1. The van der Waals surface area contributed by atoms with Gasteiger partial charge in [0.1, 0.15) is 0 Å². The van der Waals surface area contributed by atoms with Crippen LogP contribution in [0.5, 0.6) is 0 Å². The molecule has 0 bridgehead atoms. The molecule has 0 atom stereocenters. The number of rotatable bonds is 4. The molecule has 120 valence electrons. The zero-order valence-electron chi connectivity index (χ0n) is 12.2. The number of aliphatic hydroxyl groups excluding tert-OH is 1. The van der Waals surface area contributed by atoms with Gasteiger partial charge in [-0.2, -0.15) is 0 Å². The van der Waals surface area contributed by atoms with Crippen molar-refractivity contribution in [1.82, 2.24) is 4.57 Å². The van der Waals surface area contributed by atoms with Gasteiger partial charge in [0.2, 0.25) is 0 Å². The maximum atomic E-state index is 9.37. The standard InChI is InChI=1S/C17H15BrN2OS.BrH/c18-14-6-8-15(9-7-14)19-17-20(10-11-21)16(12-22-17)13-4-2-1-3-5-13;/h1-9,12,21H,10-11H2;1H. The van der Waals surface area contributed by atoms with Crippen LogP contribution in [0.1, 0.15) is 0 Å². The number of nitrogens with zero attached hydrogens (tertiary/aromatic N) is 2. The van der Waals surface area contributed by atoms with Crippen molar-refractivity contribution in [3.63, 3.8) is 0 Å². The van der Waals surface area contributed by atoms with Crippen LogP contribution in [-0.4, -0.2) is 16.3 Å². The summed E-state index contributed by atoms with van der Waals surface area (Å²) < 4.78 is 3.09. The van der Waals surface area contributed by atoms with E-state index in [4.69, 9.17) is 4.99 Å². The molecule has 1 aromatic heterocycles. The van der Waals surface area contributed by atoms with E-state index in [0.717, 1.165) is 26.2 Å². The van der Waals surface area contributed by atoms with Gasteiger partial charge >= 0.3 is 0 Å². The highest BCUT2D eigenvalue weighted by Crippen LogP contribution is 2.21. The third-order valence-electron chi connectivity index (χ3n) is 3.24.